The molecule has 3 aromatic heterocycles. The average Bonchev–Trinajstić information content (AvgIpc) is 3.69. The summed E-state index contributed by atoms with van der Waals surface area (Å²) in [7, 11) is 5.55. The van der Waals surface area contributed by atoms with E-state index >= 15 is 0 Å². The number of nitrogens with zero attached hydrogens (tertiary/aromatic N) is 8. The first-order valence-corrected chi connectivity index (χ1v) is 21.7. The van der Waals surface area contributed by atoms with Crippen molar-refractivity contribution in [3.63, 3.8) is 0 Å². The van der Waals surface area contributed by atoms with Crippen LogP contribution in [0.3, 0.4) is 0 Å². The molecule has 5 aliphatic rings. The third-order valence-corrected chi connectivity index (χ3v) is 13.0. The van der Waals surface area contributed by atoms with Crippen molar-refractivity contribution in [2.75, 3.05) is 61.9 Å². The number of alkyl halides is 2. The van der Waals surface area contributed by atoms with Gasteiger partial charge in [-0.1, -0.05) is 12.1 Å². The fourth-order valence-corrected chi connectivity index (χ4v) is 9.43. The molecule has 0 bridgehead atoms. The molecule has 3 saturated heterocycles. The van der Waals surface area contributed by atoms with Crippen molar-refractivity contribution in [1.82, 2.24) is 44.6 Å². The van der Waals surface area contributed by atoms with E-state index in [4.69, 9.17) is 5.10 Å². The minimum absolute atomic E-state index is 0.0267. The first-order chi connectivity index (χ1) is 29.9. The van der Waals surface area contributed by atoms with Crippen molar-refractivity contribution < 1.29 is 23.2 Å². The first-order valence-electron chi connectivity index (χ1n) is 21.7. The number of carbonyl (C=O) groups excluding carboxylic acids is 3. The maximum absolute atomic E-state index is 13.9. The molecule has 7 heterocycles. The number of imide groups is 1. The highest BCUT2D eigenvalue weighted by molar-refractivity contribution is 6.00. The van der Waals surface area contributed by atoms with Gasteiger partial charge in [-0.15, -0.1) is 5.10 Å². The number of hydrogen-bond acceptors (Lipinski definition) is 11. The van der Waals surface area contributed by atoms with Gasteiger partial charge in [0.15, 0.2) is 17.2 Å². The van der Waals surface area contributed by atoms with Gasteiger partial charge in [0.05, 0.1) is 29.5 Å². The fourth-order valence-electron chi connectivity index (χ4n) is 9.43. The molecule has 4 N–H and O–H groups in total. The van der Waals surface area contributed by atoms with Gasteiger partial charge < -0.3 is 25.8 Å². The number of anilines is 4. The van der Waals surface area contributed by atoms with Gasteiger partial charge in [-0.2, -0.15) is 0 Å². The van der Waals surface area contributed by atoms with Crippen LogP contribution in [0.2, 0.25) is 0 Å². The van der Waals surface area contributed by atoms with Crippen LogP contribution in [0.4, 0.5) is 31.7 Å². The Morgan fingerprint density at radius 1 is 0.935 bits per heavy atom. The van der Waals surface area contributed by atoms with Crippen molar-refractivity contribution in [3.8, 4) is 0 Å². The van der Waals surface area contributed by atoms with Crippen LogP contribution in [-0.4, -0.2) is 111 Å². The second-order valence-electron chi connectivity index (χ2n) is 17.2. The van der Waals surface area contributed by atoms with E-state index < -0.39 is 17.9 Å². The van der Waals surface area contributed by atoms with Crippen LogP contribution in [0.15, 0.2) is 53.5 Å². The summed E-state index contributed by atoms with van der Waals surface area (Å²) in [6.07, 6.45) is 7.65. The normalized spacial score (nSPS) is 20.6. The predicted molar refractivity (Wildman–Crippen MR) is 233 cm³/mol. The largest absolute Gasteiger partial charge is 0.385 e. The smallest absolute Gasteiger partial charge is 0.329 e. The topological polar surface area (TPSA) is 166 Å². The summed E-state index contributed by atoms with van der Waals surface area (Å²) in [6.45, 7) is 3.70. The van der Waals surface area contributed by atoms with E-state index in [0.29, 0.717) is 49.1 Å². The van der Waals surface area contributed by atoms with Crippen LogP contribution in [0.5, 0.6) is 0 Å². The van der Waals surface area contributed by atoms with Crippen LogP contribution >= 0.6 is 0 Å². The average molecular weight is 853 g/mol. The highest BCUT2D eigenvalue weighted by Gasteiger charge is 2.36. The number of aromatic nitrogens is 5. The molecular weight excluding hydrogens is 799 g/mol. The zero-order valence-electron chi connectivity index (χ0n) is 35.4. The monoisotopic (exact) mass is 852 g/mol. The summed E-state index contributed by atoms with van der Waals surface area (Å²) >= 11 is 0. The minimum atomic E-state index is -2.61. The standard InChI is InChI=1S/C25H29F2N7O.C19H25N5O3/c1-28-19-12-22(31-34-21(13-29-23(19)34)24(35)30-17-6-7-17)33-11-8-18-16(4-2-5-20(18)33)14-32-10-3-9-25(26,27)15-32;1-20-12-7-9-23(10-8-12)13-3-4-14-16(11-13)22(2)19(27)24(14)15-5-6-17(25)21-18(15)26/h2,4-5,12-13,17,28H,3,6-11,14-15H2,1H3,(H,30,35);3-4,11-12,15,20H,5-10H2,1-2H3,(H,21,25,26). The number of halogens is 2. The zero-order chi connectivity index (χ0) is 43.3. The van der Waals surface area contributed by atoms with Gasteiger partial charge in [0.1, 0.15) is 6.04 Å². The highest BCUT2D eigenvalue weighted by Crippen LogP contribution is 2.38. The summed E-state index contributed by atoms with van der Waals surface area (Å²) in [6, 6.07) is 14.1. The molecule has 1 atom stereocenters. The van der Waals surface area contributed by atoms with Crippen LogP contribution in [0.1, 0.15) is 79.0 Å². The third-order valence-electron chi connectivity index (χ3n) is 13.0. The number of likely N-dealkylation sites (tertiary alicyclic amines) is 1. The molecule has 3 amide bonds. The van der Waals surface area contributed by atoms with E-state index in [1.807, 2.05) is 55.4 Å². The van der Waals surface area contributed by atoms with Crippen molar-refractivity contribution in [3.05, 3.63) is 76.0 Å². The number of rotatable bonds is 9. The molecule has 0 spiro atoms. The predicted octanol–water partition coefficient (Wildman–Crippen LogP) is 4.09. The number of amides is 3. The highest BCUT2D eigenvalue weighted by atomic mass is 19.3. The number of carbonyl (C=O) groups is 3. The summed E-state index contributed by atoms with van der Waals surface area (Å²) in [5.41, 5.74) is 7.46. The lowest BCUT2D eigenvalue weighted by molar-refractivity contribution is -0.135. The van der Waals surface area contributed by atoms with Gasteiger partial charge in [0.25, 0.3) is 11.8 Å². The molecule has 2 aromatic carbocycles. The maximum Gasteiger partial charge on any atom is 0.329 e. The second kappa shape index (κ2) is 16.8. The molecule has 16 nitrogen and oxygen atoms in total. The zero-order valence-corrected chi connectivity index (χ0v) is 35.4. The van der Waals surface area contributed by atoms with Crippen LogP contribution in [0, 0.1) is 0 Å². The number of imidazole rings is 2. The molecule has 5 aromatic rings. The molecule has 328 valence electrons. The van der Waals surface area contributed by atoms with Gasteiger partial charge in [-0.05, 0) is 93.9 Å². The Hall–Kier alpha value is -5.88. The molecule has 62 heavy (non-hydrogen) atoms. The van der Waals surface area contributed by atoms with Crippen LogP contribution in [0.25, 0.3) is 16.7 Å². The summed E-state index contributed by atoms with van der Waals surface area (Å²) in [4.78, 5) is 60.1. The number of aryl methyl sites for hydroxylation is 1. The third kappa shape index (κ3) is 8.12. The van der Waals surface area contributed by atoms with E-state index in [9.17, 15) is 28.0 Å². The lowest BCUT2D eigenvalue weighted by atomic mass is 10.0. The number of benzene rings is 2. The van der Waals surface area contributed by atoms with Gasteiger partial charge in [0, 0.05) is 82.6 Å². The molecule has 18 heteroatoms. The van der Waals surface area contributed by atoms with Gasteiger partial charge in [-0.3, -0.25) is 33.7 Å². The number of hydrogen-bond donors (Lipinski definition) is 4. The molecule has 4 aliphatic heterocycles. The number of piperidine rings is 3. The Balaban J connectivity index is 0.000000164. The Bertz CT molecular complexity index is 2590. The van der Waals surface area contributed by atoms with Crippen molar-refractivity contribution >= 4 is 57.3 Å². The number of fused-ring (bicyclic) bond motifs is 3. The Morgan fingerprint density at radius 2 is 1.74 bits per heavy atom. The van der Waals surface area contributed by atoms with Crippen molar-refractivity contribution in [2.45, 2.75) is 88.4 Å². The molecule has 10 rings (SSSR count). The van der Waals surface area contributed by atoms with E-state index in [0.717, 1.165) is 85.4 Å². The van der Waals surface area contributed by atoms with E-state index in [-0.39, 0.29) is 42.9 Å². The van der Waals surface area contributed by atoms with Crippen molar-refractivity contribution in [2.24, 2.45) is 7.05 Å². The minimum Gasteiger partial charge on any atom is -0.385 e. The molecule has 1 unspecified atom stereocenters. The summed E-state index contributed by atoms with van der Waals surface area (Å²) < 4.78 is 32.6. The van der Waals surface area contributed by atoms with E-state index in [1.165, 1.54) is 10.1 Å². The molecule has 0 radical (unpaired) electrons. The summed E-state index contributed by atoms with van der Waals surface area (Å²) in [5.74, 6) is -2.76. The van der Waals surface area contributed by atoms with E-state index in [1.54, 1.807) is 22.3 Å². The molecular formula is C44H54F2N12O4. The lowest BCUT2D eigenvalue weighted by Gasteiger charge is -2.33. The van der Waals surface area contributed by atoms with E-state index in [2.05, 4.69) is 42.1 Å². The van der Waals surface area contributed by atoms with Crippen LogP contribution < -0.4 is 36.8 Å². The Labute approximate surface area is 357 Å². The van der Waals surface area contributed by atoms with Crippen molar-refractivity contribution in [1.29, 1.82) is 0 Å². The molecule has 1 aliphatic carbocycles. The number of nitrogens with one attached hydrogen (secondary N) is 4. The Morgan fingerprint density at radius 3 is 2.47 bits per heavy atom. The summed E-state index contributed by atoms with van der Waals surface area (Å²) in [5, 5.41) is 16.7. The molecule has 4 fully saturated rings. The van der Waals surface area contributed by atoms with Gasteiger partial charge in [0.2, 0.25) is 11.8 Å². The second-order valence-corrected chi connectivity index (χ2v) is 17.2. The first kappa shape index (κ1) is 41.5. The quantitative estimate of drug-likeness (QED) is 0.158. The molecule has 1 saturated carbocycles. The van der Waals surface area contributed by atoms with Gasteiger partial charge in [-0.25, -0.2) is 23.1 Å². The van der Waals surface area contributed by atoms with Crippen LogP contribution in [-0.2, 0) is 29.6 Å². The van der Waals surface area contributed by atoms with Gasteiger partial charge >= 0.3 is 5.69 Å². The lowest BCUT2D eigenvalue weighted by Crippen LogP contribution is -2.44. The fraction of sp³-hybridized carbons (Fsp3) is 0.500. The SMILES string of the molecule is CNC1CCN(c2ccc3c(c2)n(C)c(=O)n3C2CCC(=O)NC2=O)CC1.CNc1cc(N2CCc3c(CN4CCCC(F)(F)C4)cccc32)nn2c(C(=O)NC3CC3)cnc12. The Kier molecular flexibility index (Phi) is 11.2. The maximum atomic E-state index is 13.9.